The van der Waals surface area contributed by atoms with Crippen LogP contribution in [0.4, 0.5) is 13.2 Å². The third-order valence-corrected chi connectivity index (χ3v) is 5.04. The van der Waals surface area contributed by atoms with Crippen LogP contribution in [-0.2, 0) is 19.5 Å². The van der Waals surface area contributed by atoms with Crippen molar-refractivity contribution in [2.75, 3.05) is 6.54 Å². The second-order valence-electron chi connectivity index (χ2n) is 6.05. The molecule has 1 unspecified atom stereocenters. The van der Waals surface area contributed by atoms with Gasteiger partial charge in [0.2, 0.25) is 0 Å². The van der Waals surface area contributed by atoms with Gasteiger partial charge >= 0.3 is 0 Å². The second kappa shape index (κ2) is 7.56. The maximum atomic E-state index is 13.7. The summed E-state index contributed by atoms with van der Waals surface area (Å²) in [5.74, 6) is -2.43. The van der Waals surface area contributed by atoms with Crippen LogP contribution in [0.1, 0.15) is 17.8 Å². The predicted octanol–water partition coefficient (Wildman–Crippen LogP) is 1.39. The molecular formula is C15H17F3IN5O. The van der Waals surface area contributed by atoms with Crippen molar-refractivity contribution in [1.82, 2.24) is 19.7 Å². The summed E-state index contributed by atoms with van der Waals surface area (Å²) in [6.07, 6.45) is -0.669. The monoisotopic (exact) mass is 467 g/mol. The summed E-state index contributed by atoms with van der Waals surface area (Å²) in [7, 11) is 0. The normalized spacial score (nSPS) is 17.4. The summed E-state index contributed by atoms with van der Waals surface area (Å²) >= 11 is 2.10. The lowest BCUT2D eigenvalue weighted by Gasteiger charge is -2.32. The Kier molecular flexibility index (Phi) is 5.61. The first kappa shape index (κ1) is 18.5. The van der Waals surface area contributed by atoms with Gasteiger partial charge in [0.15, 0.2) is 15.5 Å². The second-order valence-corrected chi connectivity index (χ2v) is 7.01. The van der Waals surface area contributed by atoms with Gasteiger partial charge in [-0.3, -0.25) is 4.90 Å². The Morgan fingerprint density at radius 1 is 1.16 bits per heavy atom. The minimum Gasteiger partial charge on any atom is -0.378 e. The van der Waals surface area contributed by atoms with Gasteiger partial charge in [-0.2, -0.15) is 0 Å². The van der Waals surface area contributed by atoms with E-state index in [0.29, 0.717) is 25.7 Å². The molecule has 0 saturated carbocycles. The number of fused-ring (bicyclic) bond motifs is 1. The van der Waals surface area contributed by atoms with Crippen LogP contribution in [0.2, 0.25) is 0 Å². The van der Waals surface area contributed by atoms with E-state index in [4.69, 9.17) is 5.73 Å². The van der Waals surface area contributed by atoms with Crippen molar-refractivity contribution < 1.29 is 18.3 Å². The standard InChI is InChI=1S/C15H17F3IN5O/c16-10-6-12(18)11(17)4-8(10)3-9(20)5-14(25)23-1-2-24-13(7-23)21-22-15(24)19/h4,6,9,14,25H,1-3,5,7,20H2/t9-,14?/m1/s1. The molecule has 1 aliphatic rings. The lowest BCUT2D eigenvalue weighted by molar-refractivity contribution is -0.0240. The highest BCUT2D eigenvalue weighted by atomic mass is 127. The van der Waals surface area contributed by atoms with E-state index in [1.807, 2.05) is 9.47 Å². The van der Waals surface area contributed by atoms with E-state index in [1.165, 1.54) is 0 Å². The first-order valence-corrected chi connectivity index (χ1v) is 8.81. The van der Waals surface area contributed by atoms with Crippen molar-refractivity contribution in [3.05, 3.63) is 44.8 Å². The van der Waals surface area contributed by atoms with Gasteiger partial charge in [-0.25, -0.2) is 13.2 Å². The van der Waals surface area contributed by atoms with Gasteiger partial charge < -0.3 is 15.4 Å². The quantitative estimate of drug-likeness (QED) is 0.514. The number of benzene rings is 1. The lowest BCUT2D eigenvalue weighted by atomic mass is 10.0. The average Bonchev–Trinajstić information content (AvgIpc) is 2.93. The minimum atomic E-state index is -1.23. The number of hydrogen-bond donors (Lipinski definition) is 2. The predicted molar refractivity (Wildman–Crippen MR) is 91.8 cm³/mol. The van der Waals surface area contributed by atoms with Crippen LogP contribution in [-0.4, -0.2) is 43.6 Å². The molecule has 25 heavy (non-hydrogen) atoms. The zero-order valence-corrected chi connectivity index (χ0v) is 15.3. The smallest absolute Gasteiger partial charge is 0.194 e. The molecule has 0 radical (unpaired) electrons. The third-order valence-electron chi connectivity index (χ3n) is 4.24. The van der Waals surface area contributed by atoms with Gasteiger partial charge in [0.25, 0.3) is 0 Å². The Labute approximate surface area is 156 Å². The number of nitrogens with zero attached hydrogens (tertiary/aromatic N) is 4. The summed E-state index contributed by atoms with van der Waals surface area (Å²) in [5.41, 5.74) is 5.96. The molecule has 6 nitrogen and oxygen atoms in total. The SMILES string of the molecule is N[C@H](Cc1cc(F)c(F)cc1F)CC(O)N1CCn2c(I)nnc2C1. The fourth-order valence-corrected chi connectivity index (χ4v) is 3.53. The number of aliphatic hydroxyl groups is 1. The molecular weight excluding hydrogens is 450 g/mol. The minimum absolute atomic E-state index is 0.00200. The largest absolute Gasteiger partial charge is 0.378 e. The van der Waals surface area contributed by atoms with E-state index in [2.05, 4.69) is 32.8 Å². The average molecular weight is 467 g/mol. The fourth-order valence-electron chi connectivity index (χ4n) is 2.90. The number of aliphatic hydroxyl groups excluding tert-OH is 1. The van der Waals surface area contributed by atoms with Gasteiger partial charge in [-0.05, 0) is 18.1 Å². The zero-order valence-electron chi connectivity index (χ0n) is 13.2. The number of rotatable bonds is 5. The molecule has 1 aromatic heterocycles. The van der Waals surface area contributed by atoms with Crippen LogP contribution in [0.3, 0.4) is 0 Å². The Hall–Kier alpha value is -1.24. The van der Waals surface area contributed by atoms with Gasteiger partial charge in [0.1, 0.15) is 17.9 Å². The highest BCUT2D eigenvalue weighted by Crippen LogP contribution is 2.19. The summed E-state index contributed by atoms with van der Waals surface area (Å²) in [5, 5.41) is 18.4. The first-order chi connectivity index (χ1) is 11.8. The van der Waals surface area contributed by atoms with Crippen LogP contribution in [0.15, 0.2) is 12.1 Å². The van der Waals surface area contributed by atoms with Crippen molar-refractivity contribution in [2.24, 2.45) is 5.73 Å². The highest BCUT2D eigenvalue weighted by molar-refractivity contribution is 14.1. The molecule has 0 fully saturated rings. The molecule has 0 bridgehead atoms. The number of hydrogen-bond acceptors (Lipinski definition) is 5. The molecule has 0 spiro atoms. The molecule has 10 heteroatoms. The third kappa shape index (κ3) is 4.13. The van der Waals surface area contributed by atoms with Crippen LogP contribution in [0.5, 0.6) is 0 Å². The maximum absolute atomic E-state index is 13.7. The van der Waals surface area contributed by atoms with Crippen molar-refractivity contribution in [3.63, 3.8) is 0 Å². The number of halogens is 4. The maximum Gasteiger partial charge on any atom is 0.194 e. The molecule has 3 N–H and O–H groups in total. The van der Waals surface area contributed by atoms with Crippen LogP contribution >= 0.6 is 22.6 Å². The summed E-state index contributed by atoms with van der Waals surface area (Å²) in [6.45, 7) is 1.70. The molecule has 0 saturated heterocycles. The van der Waals surface area contributed by atoms with Crippen LogP contribution in [0, 0.1) is 21.3 Å². The van der Waals surface area contributed by atoms with E-state index in [9.17, 15) is 18.3 Å². The van der Waals surface area contributed by atoms with E-state index in [0.717, 1.165) is 15.7 Å². The van der Waals surface area contributed by atoms with Gasteiger partial charge in [0, 0.05) is 54.2 Å². The van der Waals surface area contributed by atoms with E-state index < -0.39 is 29.7 Å². The van der Waals surface area contributed by atoms with E-state index in [-0.39, 0.29) is 18.4 Å². The summed E-state index contributed by atoms with van der Waals surface area (Å²) in [4.78, 5) is 1.81. The highest BCUT2D eigenvalue weighted by Gasteiger charge is 2.26. The molecule has 0 amide bonds. The Bertz CT molecular complexity index is 772. The van der Waals surface area contributed by atoms with Crippen molar-refractivity contribution in [2.45, 2.75) is 38.2 Å². The zero-order chi connectivity index (χ0) is 18.1. The van der Waals surface area contributed by atoms with E-state index >= 15 is 0 Å². The summed E-state index contributed by atoms with van der Waals surface area (Å²) < 4.78 is 42.7. The Morgan fingerprint density at radius 3 is 2.64 bits per heavy atom. The van der Waals surface area contributed by atoms with Crippen LogP contribution < -0.4 is 5.73 Å². The van der Waals surface area contributed by atoms with Crippen molar-refractivity contribution in [1.29, 1.82) is 0 Å². The fraction of sp³-hybridized carbons (Fsp3) is 0.467. The van der Waals surface area contributed by atoms with Gasteiger partial charge in [-0.15, -0.1) is 10.2 Å². The molecule has 1 aromatic carbocycles. The van der Waals surface area contributed by atoms with E-state index in [1.54, 1.807) is 0 Å². The first-order valence-electron chi connectivity index (χ1n) is 7.74. The van der Waals surface area contributed by atoms with Crippen molar-refractivity contribution in [3.8, 4) is 0 Å². The van der Waals surface area contributed by atoms with Crippen LogP contribution in [0.25, 0.3) is 0 Å². The Balaban J connectivity index is 1.60. The van der Waals surface area contributed by atoms with Gasteiger partial charge in [-0.1, -0.05) is 0 Å². The Morgan fingerprint density at radius 2 is 1.88 bits per heavy atom. The van der Waals surface area contributed by atoms with Crippen molar-refractivity contribution >= 4 is 22.6 Å². The molecule has 1 aliphatic heterocycles. The molecule has 0 aliphatic carbocycles. The number of aromatic nitrogens is 3. The molecule has 3 rings (SSSR count). The lowest BCUT2D eigenvalue weighted by Crippen LogP contribution is -2.44. The molecule has 2 heterocycles. The summed E-state index contributed by atoms with van der Waals surface area (Å²) in [6, 6.07) is 0.712. The topological polar surface area (TPSA) is 80.2 Å². The van der Waals surface area contributed by atoms with Gasteiger partial charge in [0.05, 0.1) is 6.54 Å². The molecule has 2 atom stereocenters. The molecule has 2 aromatic rings. The number of nitrogens with two attached hydrogens (primary N) is 1. The molecule has 136 valence electrons.